The normalized spacial score (nSPS) is 22.8. The van der Waals surface area contributed by atoms with E-state index in [2.05, 4.69) is 26.1 Å². The minimum atomic E-state index is -5.08. The Balaban J connectivity index is 0.000000707. The fourth-order valence-electron chi connectivity index (χ4n) is 5.81. The number of fused-ring (bicyclic) bond motifs is 1. The number of carbonyl (C=O) groups is 5. The van der Waals surface area contributed by atoms with Crippen molar-refractivity contribution in [3.05, 3.63) is 71.3 Å². The van der Waals surface area contributed by atoms with E-state index in [0.29, 0.717) is 5.56 Å². The van der Waals surface area contributed by atoms with Gasteiger partial charge in [-0.2, -0.15) is 13.2 Å². The number of carboxylic acids is 1. The number of amides is 3. The van der Waals surface area contributed by atoms with Gasteiger partial charge in [0.2, 0.25) is 11.8 Å². The molecule has 10 nitrogen and oxygen atoms in total. The number of esters is 1. The first-order valence-corrected chi connectivity index (χ1v) is 14.3. The van der Waals surface area contributed by atoms with Gasteiger partial charge < -0.3 is 14.7 Å². The van der Waals surface area contributed by atoms with Gasteiger partial charge in [0.25, 0.3) is 5.91 Å². The van der Waals surface area contributed by atoms with E-state index in [0.717, 1.165) is 11.1 Å². The Bertz CT molecular complexity index is 1420. The highest BCUT2D eigenvalue weighted by Crippen LogP contribution is 2.45. The highest BCUT2D eigenvalue weighted by Gasteiger charge is 2.67. The number of nitrogens with zero attached hydrogens (tertiary/aromatic N) is 2. The molecule has 2 saturated heterocycles. The average molecular weight is 634 g/mol. The SMILES string of the molecule is CC[C@@]1(C(=O)OC)N[C@H](CN(C)C(=O)c2ccc(C(C)(C)C)cc2)[C@@H]2C(=O)N(Cc3ccccc3)C(=O)[C@@H]21.O=C(O)C(F)(F)F. The molecule has 0 aliphatic carbocycles. The van der Waals surface area contributed by atoms with Gasteiger partial charge in [-0.15, -0.1) is 0 Å². The third-order valence-electron chi connectivity index (χ3n) is 8.20. The van der Waals surface area contributed by atoms with Gasteiger partial charge in [0, 0.05) is 25.2 Å². The maximum Gasteiger partial charge on any atom is 0.490 e. The van der Waals surface area contributed by atoms with Crippen LogP contribution in [0.3, 0.4) is 0 Å². The number of ether oxygens (including phenoxy) is 1. The maximum absolute atomic E-state index is 13.7. The van der Waals surface area contributed by atoms with Crippen molar-refractivity contribution in [1.82, 2.24) is 15.1 Å². The summed E-state index contributed by atoms with van der Waals surface area (Å²) in [6.45, 7) is 8.42. The van der Waals surface area contributed by atoms with Gasteiger partial charge in [-0.1, -0.05) is 70.2 Å². The topological polar surface area (TPSA) is 133 Å². The van der Waals surface area contributed by atoms with E-state index in [1.54, 1.807) is 31.0 Å². The zero-order valence-electron chi connectivity index (χ0n) is 26.0. The fraction of sp³-hybridized carbons (Fsp3) is 0.469. The lowest BCUT2D eigenvalue weighted by molar-refractivity contribution is -0.192. The molecule has 2 fully saturated rings. The van der Waals surface area contributed by atoms with Gasteiger partial charge in [-0.25, -0.2) is 4.79 Å². The number of methoxy groups -OCH3 is 1. The van der Waals surface area contributed by atoms with E-state index < -0.39 is 47.4 Å². The molecule has 13 heteroatoms. The van der Waals surface area contributed by atoms with Crippen LogP contribution in [-0.4, -0.2) is 83.0 Å². The Kier molecular flexibility index (Phi) is 10.5. The molecule has 0 spiro atoms. The van der Waals surface area contributed by atoms with Gasteiger partial charge >= 0.3 is 18.1 Å². The summed E-state index contributed by atoms with van der Waals surface area (Å²) in [5, 5.41) is 10.4. The van der Waals surface area contributed by atoms with Gasteiger partial charge in [0.05, 0.1) is 25.5 Å². The summed E-state index contributed by atoms with van der Waals surface area (Å²) in [5.74, 6) is -5.96. The first-order chi connectivity index (χ1) is 20.9. The van der Waals surface area contributed by atoms with Gasteiger partial charge in [-0.3, -0.25) is 29.4 Å². The Morgan fingerprint density at radius 3 is 2.02 bits per heavy atom. The van der Waals surface area contributed by atoms with Crippen LogP contribution >= 0.6 is 0 Å². The van der Waals surface area contributed by atoms with Crippen molar-refractivity contribution in [3.63, 3.8) is 0 Å². The largest absolute Gasteiger partial charge is 0.490 e. The maximum atomic E-state index is 13.7. The van der Waals surface area contributed by atoms with Crippen LogP contribution < -0.4 is 5.32 Å². The molecule has 0 saturated carbocycles. The summed E-state index contributed by atoms with van der Waals surface area (Å²) >= 11 is 0. The second kappa shape index (κ2) is 13.4. The van der Waals surface area contributed by atoms with Crippen LogP contribution in [0, 0.1) is 11.8 Å². The van der Waals surface area contributed by atoms with Crippen molar-refractivity contribution < 1.29 is 47.0 Å². The van der Waals surface area contributed by atoms with Crippen molar-refractivity contribution in [1.29, 1.82) is 0 Å². The Labute approximate surface area is 259 Å². The molecule has 4 atom stereocenters. The molecule has 2 heterocycles. The number of carboxylic acid groups (broad SMARTS) is 1. The Morgan fingerprint density at radius 2 is 1.56 bits per heavy atom. The quantitative estimate of drug-likeness (QED) is 0.348. The van der Waals surface area contributed by atoms with Crippen molar-refractivity contribution >= 4 is 29.7 Å². The smallest absolute Gasteiger partial charge is 0.475 e. The van der Waals surface area contributed by atoms with Crippen LogP contribution in [0.25, 0.3) is 0 Å². The number of likely N-dealkylation sites (tertiary alicyclic amines) is 1. The number of hydrogen-bond donors (Lipinski definition) is 2. The van der Waals surface area contributed by atoms with Gasteiger partial charge in [0.1, 0.15) is 5.54 Å². The molecular formula is C32H38F3N3O7. The lowest BCUT2D eigenvalue weighted by atomic mass is 9.78. The first-order valence-electron chi connectivity index (χ1n) is 14.3. The molecule has 0 bridgehead atoms. The van der Waals surface area contributed by atoms with Crippen LogP contribution in [0.4, 0.5) is 13.2 Å². The first kappa shape index (κ1) is 35.2. The van der Waals surface area contributed by atoms with Crippen LogP contribution in [0.1, 0.15) is 55.6 Å². The van der Waals surface area contributed by atoms with Crippen molar-refractivity contribution in [2.24, 2.45) is 11.8 Å². The second-order valence-electron chi connectivity index (χ2n) is 12.1. The number of nitrogens with one attached hydrogen (secondary N) is 1. The van der Waals surface area contributed by atoms with Gasteiger partial charge in [-0.05, 0) is 35.1 Å². The summed E-state index contributed by atoms with van der Waals surface area (Å²) < 4.78 is 36.9. The van der Waals surface area contributed by atoms with E-state index >= 15 is 0 Å². The van der Waals surface area contributed by atoms with Crippen LogP contribution in [0.2, 0.25) is 0 Å². The summed E-state index contributed by atoms with van der Waals surface area (Å²) in [4.78, 5) is 65.4. The molecule has 2 aromatic carbocycles. The zero-order valence-corrected chi connectivity index (χ0v) is 26.0. The molecule has 2 aromatic rings. The molecular weight excluding hydrogens is 595 g/mol. The number of rotatable bonds is 7. The number of halogens is 3. The third kappa shape index (κ3) is 7.35. The predicted octanol–water partition coefficient (Wildman–Crippen LogP) is 3.78. The fourth-order valence-corrected chi connectivity index (χ4v) is 5.81. The van der Waals surface area contributed by atoms with E-state index in [1.165, 1.54) is 12.0 Å². The molecule has 2 aliphatic heterocycles. The van der Waals surface area contributed by atoms with E-state index in [4.69, 9.17) is 14.6 Å². The molecule has 3 amide bonds. The lowest BCUT2D eigenvalue weighted by Gasteiger charge is -2.32. The zero-order chi connectivity index (χ0) is 33.9. The summed E-state index contributed by atoms with van der Waals surface area (Å²) in [6.07, 6.45) is -4.82. The van der Waals surface area contributed by atoms with Crippen molar-refractivity contribution in [3.8, 4) is 0 Å². The molecule has 0 aromatic heterocycles. The van der Waals surface area contributed by atoms with Crippen molar-refractivity contribution in [2.75, 3.05) is 20.7 Å². The monoisotopic (exact) mass is 633 g/mol. The number of benzene rings is 2. The van der Waals surface area contributed by atoms with Crippen molar-refractivity contribution in [2.45, 2.75) is 63.8 Å². The molecule has 2 aliphatic rings. The number of hydrogen-bond acceptors (Lipinski definition) is 7. The molecule has 4 rings (SSSR count). The number of aliphatic carboxylic acids is 1. The summed E-state index contributed by atoms with van der Waals surface area (Å²) in [7, 11) is 2.95. The highest BCUT2D eigenvalue weighted by atomic mass is 19.4. The number of alkyl halides is 3. The lowest BCUT2D eigenvalue weighted by Crippen LogP contribution is -2.58. The van der Waals surface area contributed by atoms with Crippen LogP contribution in [0.5, 0.6) is 0 Å². The summed E-state index contributed by atoms with van der Waals surface area (Å²) in [5.41, 5.74) is 1.10. The molecule has 0 unspecified atom stereocenters. The summed E-state index contributed by atoms with van der Waals surface area (Å²) in [6, 6.07) is 16.2. The molecule has 0 radical (unpaired) electrons. The standard InChI is InChI=1S/C30H37N3O5.C2HF3O2/c1-7-30(28(37)38-6)24-23(26(35)33(27(24)36)17-19-11-9-8-10-12-19)22(31-30)18-32(5)25(34)20-13-15-21(16-14-20)29(2,3)4;3-2(4,5)1(6)7/h8-16,22-24,31H,7,17-18H2,1-6H3;(H,6,7)/t22-,23+,24-,30-;/m1./s1. The second-order valence-corrected chi connectivity index (χ2v) is 12.1. The Morgan fingerprint density at radius 1 is 1.00 bits per heavy atom. The van der Waals surface area contributed by atoms with E-state index in [1.807, 2.05) is 42.5 Å². The minimum Gasteiger partial charge on any atom is -0.475 e. The number of imide groups is 1. The van der Waals surface area contributed by atoms with Crippen LogP contribution in [-0.2, 0) is 35.9 Å². The third-order valence-corrected chi connectivity index (χ3v) is 8.20. The molecule has 45 heavy (non-hydrogen) atoms. The van der Waals surface area contributed by atoms with E-state index in [9.17, 15) is 32.3 Å². The minimum absolute atomic E-state index is 0.0331. The van der Waals surface area contributed by atoms with Crippen LogP contribution in [0.15, 0.2) is 54.6 Å². The molecule has 244 valence electrons. The average Bonchev–Trinajstić information content (AvgIpc) is 3.45. The Hall–Kier alpha value is -4.26. The number of likely N-dealkylation sites (N-methyl/N-ethyl adjacent to an activating group) is 1. The number of carbonyl (C=O) groups excluding carboxylic acids is 4. The highest BCUT2D eigenvalue weighted by molar-refractivity contribution is 6.09. The van der Waals surface area contributed by atoms with E-state index in [-0.39, 0.29) is 36.7 Å². The molecule has 2 N–H and O–H groups in total. The predicted molar refractivity (Wildman–Crippen MR) is 157 cm³/mol. The van der Waals surface area contributed by atoms with Gasteiger partial charge in [0.15, 0.2) is 0 Å².